The number of nitrogens with one attached hydrogen (secondary N) is 2. The summed E-state index contributed by atoms with van der Waals surface area (Å²) in [6.45, 7) is 11.2. The Labute approximate surface area is 425 Å². The number of methoxy groups -OCH3 is 2. The largest absolute Gasteiger partial charge is 0.418 e. The minimum atomic E-state index is -0.577. The first-order chi connectivity index (χ1) is 34.6. The molecule has 402 valence electrons. The molecule has 0 atom stereocenters. The number of carbonyl (C=O) groups excluding carboxylic acids is 6. The molecule has 2 aromatic carbocycles. The van der Waals surface area contributed by atoms with Crippen molar-refractivity contribution in [1.29, 1.82) is 0 Å². The summed E-state index contributed by atoms with van der Waals surface area (Å²) < 4.78 is 23.5. The Morgan fingerprint density at radius 2 is 1.11 bits per heavy atom. The molecule has 4 amide bonds. The van der Waals surface area contributed by atoms with Crippen molar-refractivity contribution >= 4 is 35.9 Å². The van der Waals surface area contributed by atoms with E-state index in [2.05, 4.69) is 34.0 Å². The van der Waals surface area contributed by atoms with E-state index in [9.17, 15) is 28.8 Å². The third kappa shape index (κ3) is 35.8. The smallest absolute Gasteiger partial charge is 0.383 e. The van der Waals surface area contributed by atoms with Crippen molar-refractivity contribution in [1.82, 2.24) is 25.3 Å². The SMILES string of the molecule is C1CCOC1.CCCCCCCCCCN1CC(=O)OC1=O.CCCCCCCCCCNCC(=O)N(CCOC)CC(=O)NCc1ccccc1.COCCN1CC(=O)OC1=O.NCc1ccccc1. The molecule has 3 aliphatic rings. The lowest BCUT2D eigenvalue weighted by atomic mass is 10.1. The molecule has 3 aliphatic heterocycles. The van der Waals surface area contributed by atoms with Crippen LogP contribution in [0.2, 0.25) is 0 Å². The maximum absolute atomic E-state index is 12.5. The zero-order valence-corrected chi connectivity index (χ0v) is 43.8. The Balaban J connectivity index is 0.000000509. The molecular formula is C54H90N6O11. The molecule has 0 unspecified atom stereocenters. The van der Waals surface area contributed by atoms with Crippen LogP contribution in [0.25, 0.3) is 0 Å². The molecule has 0 aromatic heterocycles. The van der Waals surface area contributed by atoms with Crippen LogP contribution in [0.4, 0.5) is 9.59 Å². The Bertz CT molecular complexity index is 1660. The second kappa shape index (κ2) is 45.0. The quantitative estimate of drug-likeness (QED) is 0.0371. The van der Waals surface area contributed by atoms with Crippen molar-refractivity contribution in [3.8, 4) is 0 Å². The van der Waals surface area contributed by atoms with Gasteiger partial charge in [0, 0.05) is 60.2 Å². The van der Waals surface area contributed by atoms with E-state index in [0.29, 0.717) is 45.9 Å². The maximum atomic E-state index is 12.5. The molecule has 0 bridgehead atoms. The summed E-state index contributed by atoms with van der Waals surface area (Å²) in [7, 11) is 3.13. The fourth-order valence-corrected chi connectivity index (χ4v) is 7.14. The average molecular weight is 999 g/mol. The van der Waals surface area contributed by atoms with Crippen molar-refractivity contribution in [2.45, 2.75) is 143 Å². The fraction of sp³-hybridized carbons (Fsp3) is 0.667. The van der Waals surface area contributed by atoms with Gasteiger partial charge in [-0.05, 0) is 43.4 Å². The fourth-order valence-electron chi connectivity index (χ4n) is 7.14. The van der Waals surface area contributed by atoms with Crippen molar-refractivity contribution in [3.05, 3.63) is 71.8 Å². The van der Waals surface area contributed by atoms with Gasteiger partial charge in [-0.3, -0.25) is 19.4 Å². The molecular weight excluding hydrogens is 909 g/mol. The van der Waals surface area contributed by atoms with E-state index in [4.69, 9.17) is 19.9 Å². The standard InChI is InChI=1S/C24H41N3O3.C13H23NO3.C7H9N.C6H9NO4.C4H8O/c1-3-4-5-6-7-8-9-13-16-25-20-24(29)27(17-18-30-2)21-23(28)26-19-22-14-11-10-12-15-22;1-2-3-4-5-6-7-8-9-10-14-11-12(15)17-13(14)16;8-6-7-4-2-1-3-5-7;1-10-3-2-7-4-5(8)11-6(7)9;1-2-4-5-3-1/h10-12,14-15,25H,3-9,13,16-21H2,1-2H3,(H,26,28);2-11H2,1H3;1-5H,6,8H2;2-4H2,1H3;1-4H2. The first-order valence-electron chi connectivity index (χ1n) is 26.2. The summed E-state index contributed by atoms with van der Waals surface area (Å²) >= 11 is 0. The minimum absolute atomic E-state index is 0.0438. The number of nitrogens with two attached hydrogens (primary N) is 1. The van der Waals surface area contributed by atoms with Crippen LogP contribution in [-0.4, -0.2) is 144 Å². The number of esters is 2. The van der Waals surface area contributed by atoms with E-state index in [1.54, 1.807) is 12.0 Å². The third-order valence-electron chi connectivity index (χ3n) is 11.4. The van der Waals surface area contributed by atoms with Gasteiger partial charge in [-0.25, -0.2) is 19.2 Å². The van der Waals surface area contributed by atoms with E-state index in [1.165, 1.54) is 119 Å². The lowest BCUT2D eigenvalue weighted by molar-refractivity contribution is -0.136. The molecule has 0 spiro atoms. The molecule has 0 saturated carbocycles. The van der Waals surface area contributed by atoms with Gasteiger partial charge in [0.05, 0.1) is 26.3 Å². The Morgan fingerprint density at radius 3 is 1.55 bits per heavy atom. The summed E-state index contributed by atoms with van der Waals surface area (Å²) in [6, 6.07) is 19.7. The van der Waals surface area contributed by atoms with E-state index < -0.39 is 24.1 Å². The van der Waals surface area contributed by atoms with Crippen LogP contribution in [0.3, 0.4) is 0 Å². The molecule has 0 radical (unpaired) electrons. The van der Waals surface area contributed by atoms with Crippen molar-refractivity contribution in [3.63, 3.8) is 0 Å². The van der Waals surface area contributed by atoms with Crippen LogP contribution in [0.1, 0.15) is 141 Å². The highest BCUT2D eigenvalue weighted by Gasteiger charge is 2.29. The monoisotopic (exact) mass is 999 g/mol. The Hall–Kier alpha value is -4.94. The van der Waals surface area contributed by atoms with E-state index in [1.807, 2.05) is 60.7 Å². The molecule has 2 aromatic rings. The second-order valence-electron chi connectivity index (χ2n) is 17.5. The molecule has 3 saturated heterocycles. The van der Waals surface area contributed by atoms with Crippen LogP contribution in [-0.2, 0) is 56.0 Å². The van der Waals surface area contributed by atoms with Crippen LogP contribution in [0.5, 0.6) is 0 Å². The first-order valence-corrected chi connectivity index (χ1v) is 26.2. The number of hydrogen-bond acceptors (Lipinski definition) is 13. The number of hydrogen-bond donors (Lipinski definition) is 3. The van der Waals surface area contributed by atoms with Gasteiger partial charge >= 0.3 is 24.1 Å². The van der Waals surface area contributed by atoms with Gasteiger partial charge in [0.1, 0.15) is 13.1 Å². The van der Waals surface area contributed by atoms with Gasteiger partial charge in [-0.1, -0.05) is 164 Å². The number of nitrogens with zero attached hydrogens (tertiary/aromatic N) is 3. The Kier molecular flexibility index (Phi) is 40.6. The number of cyclic esters (lactones) is 4. The highest BCUT2D eigenvalue weighted by molar-refractivity contribution is 5.93. The summed E-state index contributed by atoms with van der Waals surface area (Å²) in [5.41, 5.74) is 7.57. The lowest BCUT2D eigenvalue weighted by Gasteiger charge is -2.22. The topological polar surface area (TPSA) is 208 Å². The number of ether oxygens (including phenoxy) is 5. The summed E-state index contributed by atoms with van der Waals surface area (Å²) in [5.74, 6) is -1.14. The third-order valence-corrected chi connectivity index (χ3v) is 11.4. The molecule has 17 heteroatoms. The van der Waals surface area contributed by atoms with E-state index >= 15 is 0 Å². The van der Waals surface area contributed by atoms with Crippen LogP contribution >= 0.6 is 0 Å². The summed E-state index contributed by atoms with van der Waals surface area (Å²) in [4.78, 5) is 72.3. The van der Waals surface area contributed by atoms with Gasteiger partial charge in [0.25, 0.3) is 0 Å². The highest BCUT2D eigenvalue weighted by atomic mass is 16.6. The van der Waals surface area contributed by atoms with Gasteiger partial charge in [-0.2, -0.15) is 0 Å². The normalized spacial score (nSPS) is 13.6. The van der Waals surface area contributed by atoms with Gasteiger partial charge in [0.2, 0.25) is 11.8 Å². The molecule has 3 fully saturated rings. The molecule has 17 nitrogen and oxygen atoms in total. The number of benzene rings is 2. The van der Waals surface area contributed by atoms with Crippen molar-refractivity contribution in [2.24, 2.45) is 5.73 Å². The number of unbranched alkanes of at least 4 members (excludes halogenated alkanes) is 14. The van der Waals surface area contributed by atoms with Crippen LogP contribution < -0.4 is 16.4 Å². The summed E-state index contributed by atoms with van der Waals surface area (Å²) in [5, 5.41) is 6.10. The number of amides is 4. The molecule has 5 rings (SSSR count). The number of carbonyl (C=O) groups is 6. The van der Waals surface area contributed by atoms with Gasteiger partial charge in [-0.15, -0.1) is 0 Å². The van der Waals surface area contributed by atoms with Crippen molar-refractivity contribution in [2.75, 3.05) is 93.0 Å². The molecule has 3 heterocycles. The summed E-state index contributed by atoms with van der Waals surface area (Å²) in [6.07, 6.45) is 21.5. The molecule has 4 N–H and O–H groups in total. The van der Waals surface area contributed by atoms with Gasteiger partial charge in [0.15, 0.2) is 0 Å². The van der Waals surface area contributed by atoms with Crippen LogP contribution in [0.15, 0.2) is 60.7 Å². The van der Waals surface area contributed by atoms with Crippen molar-refractivity contribution < 1.29 is 52.5 Å². The number of rotatable bonds is 31. The maximum Gasteiger partial charge on any atom is 0.418 e. The first kappa shape index (κ1) is 64.1. The average Bonchev–Trinajstić information content (AvgIpc) is 4.16. The molecule has 0 aliphatic carbocycles. The van der Waals surface area contributed by atoms with E-state index in [0.717, 1.165) is 44.6 Å². The highest BCUT2D eigenvalue weighted by Crippen LogP contribution is 2.12. The zero-order chi connectivity index (χ0) is 52.0. The minimum Gasteiger partial charge on any atom is -0.383 e. The van der Waals surface area contributed by atoms with Crippen LogP contribution in [0, 0.1) is 0 Å². The lowest BCUT2D eigenvalue weighted by Crippen LogP contribution is -2.45. The second-order valence-corrected chi connectivity index (χ2v) is 17.5. The predicted octanol–water partition coefficient (Wildman–Crippen LogP) is 8.17. The van der Waals surface area contributed by atoms with E-state index in [-0.39, 0.29) is 38.0 Å². The molecule has 71 heavy (non-hydrogen) atoms. The van der Waals surface area contributed by atoms with Gasteiger partial charge < -0.3 is 45.0 Å². The zero-order valence-electron chi connectivity index (χ0n) is 43.8. The predicted molar refractivity (Wildman–Crippen MR) is 277 cm³/mol. The Morgan fingerprint density at radius 1 is 0.634 bits per heavy atom.